The third kappa shape index (κ3) is 5.34. The van der Waals surface area contributed by atoms with Gasteiger partial charge < -0.3 is 9.32 Å². The Morgan fingerprint density at radius 1 is 0.304 bits per heavy atom. The number of hydrogen-bond donors (Lipinski definition) is 0. The fourth-order valence-electron chi connectivity index (χ4n) is 8.60. The highest BCUT2D eigenvalue weighted by atomic mass is 16.3. The van der Waals surface area contributed by atoms with Crippen molar-refractivity contribution in [3.63, 3.8) is 0 Å². The van der Waals surface area contributed by atoms with Crippen LogP contribution in [-0.2, 0) is 0 Å². The number of nitrogens with zero attached hydrogens (tertiary/aromatic N) is 1. The van der Waals surface area contributed by atoms with E-state index in [1.807, 2.05) is 0 Å². The van der Waals surface area contributed by atoms with Gasteiger partial charge >= 0.3 is 0 Å². The molecular weight excluding hydrogens is 679 g/mol. The van der Waals surface area contributed by atoms with Crippen molar-refractivity contribution in [2.45, 2.75) is 0 Å². The van der Waals surface area contributed by atoms with Crippen LogP contribution in [0, 0.1) is 0 Å². The van der Waals surface area contributed by atoms with E-state index in [0.717, 1.165) is 50.1 Å². The Kier molecular flexibility index (Phi) is 7.53. The van der Waals surface area contributed by atoms with E-state index in [1.165, 1.54) is 54.6 Å². The van der Waals surface area contributed by atoms with Gasteiger partial charge in [0, 0.05) is 27.7 Å². The molecule has 2 heteroatoms. The molecule has 1 aromatic heterocycles. The number of fused-ring (bicyclic) bond motifs is 7. The van der Waals surface area contributed by atoms with Gasteiger partial charge in [-0.2, -0.15) is 0 Å². The maximum Gasteiger partial charge on any atom is 0.136 e. The lowest BCUT2D eigenvalue weighted by molar-refractivity contribution is 0.669. The Morgan fingerprint density at radius 3 is 1.79 bits per heavy atom. The minimum Gasteiger partial charge on any atom is -0.456 e. The molecule has 0 aliphatic rings. The minimum absolute atomic E-state index is 0.882. The van der Waals surface area contributed by atoms with E-state index in [4.69, 9.17) is 4.42 Å². The van der Waals surface area contributed by atoms with Crippen molar-refractivity contribution < 1.29 is 4.42 Å². The van der Waals surface area contributed by atoms with Gasteiger partial charge in [0.15, 0.2) is 0 Å². The van der Waals surface area contributed by atoms with E-state index < -0.39 is 0 Å². The lowest BCUT2D eigenvalue weighted by Crippen LogP contribution is -2.11. The molecule has 11 rings (SSSR count). The van der Waals surface area contributed by atoms with Gasteiger partial charge in [-0.3, -0.25) is 0 Å². The predicted molar refractivity (Wildman–Crippen MR) is 237 cm³/mol. The van der Waals surface area contributed by atoms with E-state index in [1.54, 1.807) is 0 Å². The third-order valence-electron chi connectivity index (χ3n) is 11.2. The molecule has 0 unspecified atom stereocenters. The van der Waals surface area contributed by atoms with Crippen molar-refractivity contribution in [3.05, 3.63) is 212 Å². The van der Waals surface area contributed by atoms with Gasteiger partial charge in [0.1, 0.15) is 11.2 Å². The van der Waals surface area contributed by atoms with Crippen molar-refractivity contribution in [1.82, 2.24) is 0 Å². The highest BCUT2D eigenvalue weighted by Gasteiger charge is 2.21. The molecule has 0 saturated heterocycles. The van der Waals surface area contributed by atoms with E-state index in [2.05, 4.69) is 217 Å². The maximum atomic E-state index is 6.56. The van der Waals surface area contributed by atoms with Crippen LogP contribution < -0.4 is 4.90 Å². The molecule has 10 aromatic carbocycles. The smallest absolute Gasteiger partial charge is 0.136 e. The van der Waals surface area contributed by atoms with E-state index in [9.17, 15) is 0 Å². The summed E-state index contributed by atoms with van der Waals surface area (Å²) in [6.45, 7) is 0. The van der Waals surface area contributed by atoms with Crippen molar-refractivity contribution >= 4 is 71.3 Å². The Morgan fingerprint density at radius 2 is 0.946 bits per heavy atom. The predicted octanol–water partition coefficient (Wildman–Crippen LogP) is 15.5. The second-order valence-electron chi connectivity index (χ2n) is 14.5. The summed E-state index contributed by atoms with van der Waals surface area (Å²) in [5, 5.41) is 9.66. The minimum atomic E-state index is 0.882. The van der Waals surface area contributed by atoms with Crippen molar-refractivity contribution in [3.8, 4) is 33.4 Å². The van der Waals surface area contributed by atoms with Gasteiger partial charge in [-0.05, 0) is 115 Å². The molecule has 0 atom stereocenters. The summed E-state index contributed by atoms with van der Waals surface area (Å²) in [7, 11) is 0. The molecular formula is C54H35NO. The van der Waals surface area contributed by atoms with Crippen LogP contribution in [-0.4, -0.2) is 0 Å². The molecule has 0 saturated carbocycles. The zero-order valence-corrected chi connectivity index (χ0v) is 30.6. The summed E-state index contributed by atoms with van der Waals surface area (Å²) < 4.78 is 6.56. The van der Waals surface area contributed by atoms with Crippen LogP contribution in [0.25, 0.3) is 87.6 Å². The SMILES string of the molecule is c1ccc(-c2cccc(N(c3ccc(-c4cc5ccccc5c5ccccc45)cc3)c3ccccc3-c3cccc4oc5cc6ccccc6cc5c34)c2)cc1. The Hall–Kier alpha value is -7.42. The first-order valence-corrected chi connectivity index (χ1v) is 19.2. The van der Waals surface area contributed by atoms with E-state index >= 15 is 0 Å². The van der Waals surface area contributed by atoms with Gasteiger partial charge in [-0.1, -0.05) is 158 Å². The Balaban J connectivity index is 1.11. The average molecular weight is 714 g/mol. The molecule has 0 amide bonds. The highest BCUT2D eigenvalue weighted by molar-refractivity contribution is 6.17. The summed E-state index contributed by atoms with van der Waals surface area (Å²) in [6, 6.07) is 76.5. The van der Waals surface area contributed by atoms with Crippen LogP contribution in [0.1, 0.15) is 0 Å². The number of rotatable bonds is 6. The van der Waals surface area contributed by atoms with Gasteiger partial charge in [0.2, 0.25) is 0 Å². The van der Waals surface area contributed by atoms with Crippen molar-refractivity contribution in [2.24, 2.45) is 0 Å². The van der Waals surface area contributed by atoms with Crippen LogP contribution in [0.15, 0.2) is 217 Å². The van der Waals surface area contributed by atoms with Gasteiger partial charge in [-0.15, -0.1) is 0 Å². The van der Waals surface area contributed by atoms with Crippen LogP contribution in [0.4, 0.5) is 17.1 Å². The lowest BCUT2D eigenvalue weighted by atomic mass is 9.93. The Labute approximate surface area is 325 Å². The number of hydrogen-bond acceptors (Lipinski definition) is 2. The molecule has 2 nitrogen and oxygen atoms in total. The van der Waals surface area contributed by atoms with Crippen LogP contribution in [0.2, 0.25) is 0 Å². The number of para-hydroxylation sites is 1. The number of benzene rings is 10. The second-order valence-corrected chi connectivity index (χ2v) is 14.5. The average Bonchev–Trinajstić information content (AvgIpc) is 3.64. The van der Waals surface area contributed by atoms with Crippen molar-refractivity contribution in [1.29, 1.82) is 0 Å². The zero-order chi connectivity index (χ0) is 37.0. The molecule has 262 valence electrons. The normalized spacial score (nSPS) is 11.6. The molecule has 0 fully saturated rings. The van der Waals surface area contributed by atoms with E-state index in [-0.39, 0.29) is 0 Å². The topological polar surface area (TPSA) is 16.4 Å². The molecule has 0 radical (unpaired) electrons. The molecule has 56 heavy (non-hydrogen) atoms. The standard InChI is InChI=1S/C54H35NO/c1-2-14-36(15-3-1)38-19-12-20-43(32-38)55(42-30-28-37(29-31-42)49-34-41-18-6-7-21-44(41)45-22-8-9-23-46(45)49)51-26-11-10-24-47(51)48-25-13-27-52-54(48)50-33-39-16-4-5-17-40(39)35-53(50)56-52/h1-35H. The molecule has 0 spiro atoms. The highest BCUT2D eigenvalue weighted by Crippen LogP contribution is 2.46. The largest absolute Gasteiger partial charge is 0.456 e. The summed E-state index contributed by atoms with van der Waals surface area (Å²) in [5.41, 5.74) is 12.1. The molecule has 0 bridgehead atoms. The number of anilines is 3. The Bertz CT molecular complexity index is 3250. The third-order valence-corrected chi connectivity index (χ3v) is 11.2. The van der Waals surface area contributed by atoms with E-state index in [0.29, 0.717) is 0 Å². The second kappa shape index (κ2) is 13.2. The molecule has 0 aliphatic carbocycles. The first-order chi connectivity index (χ1) is 27.8. The van der Waals surface area contributed by atoms with Crippen molar-refractivity contribution in [2.75, 3.05) is 4.90 Å². The van der Waals surface area contributed by atoms with Gasteiger partial charge in [-0.25, -0.2) is 0 Å². The van der Waals surface area contributed by atoms with Gasteiger partial charge in [0.25, 0.3) is 0 Å². The first kappa shape index (κ1) is 32.0. The summed E-state index contributed by atoms with van der Waals surface area (Å²) in [4.78, 5) is 2.40. The van der Waals surface area contributed by atoms with Crippen LogP contribution in [0.5, 0.6) is 0 Å². The molecule has 1 heterocycles. The van der Waals surface area contributed by atoms with Gasteiger partial charge in [0.05, 0.1) is 5.69 Å². The van der Waals surface area contributed by atoms with Crippen LogP contribution >= 0.6 is 0 Å². The monoisotopic (exact) mass is 713 g/mol. The molecule has 0 N–H and O–H groups in total. The zero-order valence-electron chi connectivity index (χ0n) is 30.6. The summed E-state index contributed by atoms with van der Waals surface area (Å²) >= 11 is 0. The fraction of sp³-hybridized carbons (Fsp3) is 0. The quantitative estimate of drug-likeness (QED) is 0.160. The summed E-state index contributed by atoms with van der Waals surface area (Å²) in [6.07, 6.45) is 0. The maximum absolute atomic E-state index is 6.56. The number of furan rings is 1. The fourth-order valence-corrected chi connectivity index (χ4v) is 8.60. The van der Waals surface area contributed by atoms with Crippen LogP contribution in [0.3, 0.4) is 0 Å². The lowest BCUT2D eigenvalue weighted by Gasteiger charge is -2.28. The molecule has 0 aliphatic heterocycles. The summed E-state index contributed by atoms with van der Waals surface area (Å²) in [5.74, 6) is 0. The first-order valence-electron chi connectivity index (χ1n) is 19.2. The molecule has 11 aromatic rings.